The average molecular weight is 412 g/mol. The normalized spacial score (nSPS) is 12.4. The molecule has 1 atom stereocenters. The van der Waals surface area contributed by atoms with Crippen LogP contribution in [0.1, 0.15) is 50.2 Å². The molecule has 0 saturated heterocycles. The molecule has 0 bridgehead atoms. The summed E-state index contributed by atoms with van der Waals surface area (Å²) in [4.78, 5) is 17.8. The molecule has 2 aromatic carbocycles. The van der Waals surface area contributed by atoms with Crippen LogP contribution in [-0.4, -0.2) is 14.1 Å². The van der Waals surface area contributed by atoms with Gasteiger partial charge < -0.3 is 0 Å². The van der Waals surface area contributed by atoms with Crippen LogP contribution in [0.25, 0.3) is 33.2 Å². The van der Waals surface area contributed by atoms with Gasteiger partial charge in [-0.25, -0.2) is 4.79 Å². The Morgan fingerprint density at radius 1 is 1.16 bits per heavy atom. The van der Waals surface area contributed by atoms with Crippen molar-refractivity contribution >= 4 is 27.5 Å². The van der Waals surface area contributed by atoms with Gasteiger partial charge in [0.15, 0.2) is 0 Å². The molecule has 0 aliphatic rings. The first-order valence-electron chi connectivity index (χ1n) is 10.9. The third kappa shape index (κ3) is 3.52. The quantitative estimate of drug-likeness (QED) is 0.332. The number of imidazole rings is 1. The van der Waals surface area contributed by atoms with E-state index >= 15 is 0 Å². The third-order valence-corrected chi connectivity index (χ3v) is 6.25. The number of allylic oxidation sites excluding steroid dienone is 2. The zero-order valence-corrected chi connectivity index (χ0v) is 18.6. The van der Waals surface area contributed by atoms with Gasteiger partial charge in [-0.2, -0.15) is 0 Å². The lowest BCUT2D eigenvalue weighted by molar-refractivity contribution is 0.596. The molecular weight excluding hydrogens is 382 g/mol. The van der Waals surface area contributed by atoms with Gasteiger partial charge in [0.1, 0.15) is 0 Å². The molecule has 4 heteroatoms. The van der Waals surface area contributed by atoms with E-state index in [-0.39, 0.29) is 5.69 Å². The van der Waals surface area contributed by atoms with E-state index in [1.54, 1.807) is 28.5 Å². The second-order valence-electron chi connectivity index (χ2n) is 8.12. The minimum Gasteiger partial charge on any atom is -0.293 e. The summed E-state index contributed by atoms with van der Waals surface area (Å²) in [5, 5.41) is 0.928. The predicted octanol–water partition coefficient (Wildman–Crippen LogP) is 6.37. The van der Waals surface area contributed by atoms with Crippen molar-refractivity contribution in [2.24, 2.45) is 7.05 Å². The number of nitrogens with zero attached hydrogens (tertiary/aromatic N) is 3. The lowest BCUT2D eigenvalue weighted by atomic mass is 9.92. The van der Waals surface area contributed by atoms with Gasteiger partial charge in [-0.15, -0.1) is 0 Å². The fourth-order valence-electron chi connectivity index (χ4n) is 4.40. The van der Waals surface area contributed by atoms with Gasteiger partial charge in [0, 0.05) is 12.4 Å². The number of benzene rings is 2. The molecule has 1 unspecified atom stereocenters. The molecule has 4 aromatic rings. The molecule has 4 rings (SSSR count). The first-order chi connectivity index (χ1) is 15.0. The van der Waals surface area contributed by atoms with E-state index in [9.17, 15) is 4.79 Å². The van der Waals surface area contributed by atoms with Gasteiger partial charge in [0.2, 0.25) is 0 Å². The van der Waals surface area contributed by atoms with Crippen molar-refractivity contribution in [3.63, 3.8) is 0 Å². The van der Waals surface area contributed by atoms with Crippen LogP contribution in [-0.2, 0) is 7.05 Å². The minimum absolute atomic E-state index is 0.0781. The highest BCUT2D eigenvalue weighted by atomic mass is 16.1. The molecule has 2 aromatic heterocycles. The zero-order valence-electron chi connectivity index (χ0n) is 18.6. The van der Waals surface area contributed by atoms with Crippen LogP contribution in [0.4, 0.5) is 0 Å². The van der Waals surface area contributed by atoms with Crippen molar-refractivity contribution in [2.75, 3.05) is 0 Å². The van der Waals surface area contributed by atoms with Gasteiger partial charge in [0.25, 0.3) is 0 Å². The summed E-state index contributed by atoms with van der Waals surface area (Å²) in [5.41, 5.74) is 6.45. The largest absolute Gasteiger partial charge is 0.333 e. The van der Waals surface area contributed by atoms with Crippen LogP contribution >= 0.6 is 0 Å². The SMILES string of the molecule is C=CC(=C)c1ccc2ncc3c(c2c1)n(-c1ccc(C(CC)CCC)cc1)c(=O)n3C. The van der Waals surface area contributed by atoms with Crippen molar-refractivity contribution in [1.82, 2.24) is 14.1 Å². The monoisotopic (exact) mass is 411 g/mol. The highest BCUT2D eigenvalue weighted by molar-refractivity contribution is 6.04. The number of fused-ring (bicyclic) bond motifs is 3. The van der Waals surface area contributed by atoms with Crippen LogP contribution in [0, 0.1) is 0 Å². The van der Waals surface area contributed by atoms with Crippen molar-refractivity contribution in [3.8, 4) is 5.69 Å². The fraction of sp³-hybridized carbons (Fsp3) is 0.259. The summed E-state index contributed by atoms with van der Waals surface area (Å²) in [6.45, 7) is 12.4. The van der Waals surface area contributed by atoms with E-state index in [0.29, 0.717) is 5.92 Å². The molecule has 0 saturated carbocycles. The maximum Gasteiger partial charge on any atom is 0.333 e. The standard InChI is InChI=1S/C27H29N3O/c1-6-9-19(8-3)20-10-13-22(14-11-20)30-26-23-16-21(18(4)7-2)12-15-24(23)28-17-25(26)29(5)27(30)31/h7,10-17,19H,2,4,6,8-9H2,1,3,5H3. The number of hydrogen-bond donors (Lipinski definition) is 0. The second kappa shape index (κ2) is 8.38. The van der Waals surface area contributed by atoms with E-state index in [0.717, 1.165) is 45.2 Å². The number of hydrogen-bond acceptors (Lipinski definition) is 2. The van der Waals surface area contributed by atoms with Crippen LogP contribution in [0.3, 0.4) is 0 Å². The molecule has 0 radical (unpaired) electrons. The fourth-order valence-corrected chi connectivity index (χ4v) is 4.40. The molecule has 0 aliphatic heterocycles. The molecule has 0 amide bonds. The van der Waals surface area contributed by atoms with Crippen LogP contribution in [0.2, 0.25) is 0 Å². The van der Waals surface area contributed by atoms with Crippen molar-refractivity contribution in [2.45, 2.75) is 39.0 Å². The topological polar surface area (TPSA) is 39.8 Å². The summed E-state index contributed by atoms with van der Waals surface area (Å²) in [7, 11) is 1.80. The highest BCUT2D eigenvalue weighted by Gasteiger charge is 2.17. The Hall–Kier alpha value is -3.40. The van der Waals surface area contributed by atoms with Gasteiger partial charge in [-0.05, 0) is 59.7 Å². The smallest absolute Gasteiger partial charge is 0.293 e. The summed E-state index contributed by atoms with van der Waals surface area (Å²) >= 11 is 0. The molecule has 0 aliphatic carbocycles. The Morgan fingerprint density at radius 3 is 2.55 bits per heavy atom. The Labute approximate surface area is 183 Å². The van der Waals surface area contributed by atoms with Gasteiger partial charge in [0.05, 0.1) is 28.4 Å². The zero-order chi connectivity index (χ0) is 22.1. The summed E-state index contributed by atoms with van der Waals surface area (Å²) < 4.78 is 3.46. The average Bonchev–Trinajstić information content (AvgIpc) is 3.07. The Morgan fingerprint density at radius 2 is 1.90 bits per heavy atom. The van der Waals surface area contributed by atoms with Gasteiger partial charge >= 0.3 is 5.69 Å². The Kier molecular flexibility index (Phi) is 5.64. The predicted molar refractivity (Wildman–Crippen MR) is 131 cm³/mol. The molecule has 0 N–H and O–H groups in total. The van der Waals surface area contributed by atoms with E-state index < -0.39 is 0 Å². The van der Waals surface area contributed by atoms with Gasteiger partial charge in [-0.1, -0.05) is 57.7 Å². The third-order valence-electron chi connectivity index (χ3n) is 6.25. The molecule has 0 spiro atoms. The van der Waals surface area contributed by atoms with Crippen molar-refractivity contribution < 1.29 is 0 Å². The van der Waals surface area contributed by atoms with E-state index in [4.69, 9.17) is 0 Å². The Bertz CT molecular complexity index is 1340. The lowest BCUT2D eigenvalue weighted by Crippen LogP contribution is -2.20. The Balaban J connectivity index is 1.96. The van der Waals surface area contributed by atoms with Crippen molar-refractivity contribution in [3.05, 3.63) is 89.5 Å². The highest BCUT2D eigenvalue weighted by Crippen LogP contribution is 2.29. The first kappa shape index (κ1) is 20.9. The summed E-state index contributed by atoms with van der Waals surface area (Å²) in [6, 6.07) is 14.5. The van der Waals surface area contributed by atoms with Crippen LogP contribution < -0.4 is 5.69 Å². The number of rotatable bonds is 7. The maximum absolute atomic E-state index is 13.2. The first-order valence-corrected chi connectivity index (χ1v) is 10.9. The van der Waals surface area contributed by atoms with Crippen LogP contribution in [0.15, 0.2) is 72.7 Å². The number of aromatic nitrogens is 3. The van der Waals surface area contributed by atoms with E-state index in [1.807, 2.05) is 18.2 Å². The van der Waals surface area contributed by atoms with E-state index in [2.05, 4.69) is 56.3 Å². The molecule has 0 fully saturated rings. The van der Waals surface area contributed by atoms with Crippen molar-refractivity contribution in [1.29, 1.82) is 0 Å². The second-order valence-corrected chi connectivity index (χ2v) is 8.12. The van der Waals surface area contributed by atoms with E-state index in [1.165, 1.54) is 18.4 Å². The lowest BCUT2D eigenvalue weighted by Gasteiger charge is -2.15. The minimum atomic E-state index is -0.0781. The summed E-state index contributed by atoms with van der Waals surface area (Å²) in [5.74, 6) is 0.556. The number of pyridine rings is 1. The molecule has 31 heavy (non-hydrogen) atoms. The molecule has 158 valence electrons. The summed E-state index contributed by atoms with van der Waals surface area (Å²) in [6.07, 6.45) is 6.98. The van der Waals surface area contributed by atoms with Gasteiger partial charge in [-0.3, -0.25) is 14.1 Å². The van der Waals surface area contributed by atoms with Crippen LogP contribution in [0.5, 0.6) is 0 Å². The molecule has 4 nitrogen and oxygen atoms in total. The number of aryl methyl sites for hydroxylation is 1. The molecular formula is C27H29N3O. The molecule has 2 heterocycles. The maximum atomic E-state index is 13.2.